The fourth-order valence-corrected chi connectivity index (χ4v) is 4.10. The van der Waals surface area contributed by atoms with Crippen LogP contribution in [0.3, 0.4) is 0 Å². The molecule has 5 heteroatoms. The summed E-state index contributed by atoms with van der Waals surface area (Å²) in [6.07, 6.45) is 4.51. The molecule has 1 aromatic heterocycles. The van der Waals surface area contributed by atoms with Crippen molar-refractivity contribution in [1.29, 1.82) is 0 Å². The Morgan fingerprint density at radius 3 is 2.52 bits per heavy atom. The Morgan fingerprint density at radius 1 is 1.20 bits per heavy atom. The molecule has 0 radical (unpaired) electrons. The minimum Gasteiger partial charge on any atom is -0.333 e. The molecule has 0 atom stereocenters. The van der Waals surface area contributed by atoms with Crippen LogP contribution >= 0.6 is 0 Å². The first kappa shape index (κ1) is 16.6. The van der Waals surface area contributed by atoms with Gasteiger partial charge in [0.05, 0.1) is 11.0 Å². The van der Waals surface area contributed by atoms with E-state index in [1.165, 1.54) is 0 Å². The number of piperidine rings is 1. The van der Waals surface area contributed by atoms with E-state index in [0.717, 1.165) is 67.7 Å². The normalized spacial score (nSPS) is 19.5. The number of imidazole rings is 1. The lowest BCUT2D eigenvalue weighted by molar-refractivity contribution is 0.0554. The van der Waals surface area contributed by atoms with Gasteiger partial charge in [-0.2, -0.15) is 0 Å². The highest BCUT2D eigenvalue weighted by Gasteiger charge is 2.38. The van der Waals surface area contributed by atoms with Crippen molar-refractivity contribution in [2.45, 2.75) is 51.6 Å². The fraction of sp³-hybridized carbons (Fsp3) is 0.600. The average molecular weight is 340 g/mol. The second-order valence-corrected chi connectivity index (χ2v) is 7.53. The van der Waals surface area contributed by atoms with Crippen LogP contribution in [0.4, 0.5) is 0 Å². The van der Waals surface area contributed by atoms with Gasteiger partial charge in [0.2, 0.25) is 0 Å². The molecule has 134 valence electrons. The van der Waals surface area contributed by atoms with Crippen molar-refractivity contribution in [3.63, 3.8) is 0 Å². The fourth-order valence-electron chi connectivity index (χ4n) is 4.10. The topological polar surface area (TPSA) is 41.4 Å². The number of hydrogen-bond acceptors (Lipinski definition) is 3. The van der Waals surface area contributed by atoms with Gasteiger partial charge in [-0.15, -0.1) is 0 Å². The summed E-state index contributed by atoms with van der Waals surface area (Å²) < 4.78 is 2.07. The molecule has 0 spiro atoms. The molecular formula is C20H28N4O. The van der Waals surface area contributed by atoms with Crippen LogP contribution in [0.1, 0.15) is 48.8 Å². The van der Waals surface area contributed by atoms with Gasteiger partial charge in [0, 0.05) is 37.8 Å². The van der Waals surface area contributed by atoms with Crippen LogP contribution in [0.15, 0.2) is 18.2 Å². The highest BCUT2D eigenvalue weighted by molar-refractivity contribution is 5.98. The number of nitrogens with zero attached hydrogens (tertiary/aromatic N) is 4. The second kappa shape index (κ2) is 6.45. The molecule has 1 aliphatic carbocycles. The summed E-state index contributed by atoms with van der Waals surface area (Å²) in [6, 6.07) is 6.83. The number of likely N-dealkylation sites (tertiary alicyclic amines) is 1. The largest absolute Gasteiger partial charge is 0.333 e. The standard InChI is InChI=1S/C20H28N4O/c1-4-23-11-9-17(10-12-23)24(16-6-7-16)20(25)15-5-8-19-18(13-15)21-14(2)22(19)3/h5,8,13,16-17H,4,6-7,9-12H2,1-3H3. The zero-order valence-corrected chi connectivity index (χ0v) is 15.5. The van der Waals surface area contributed by atoms with Gasteiger partial charge in [0.25, 0.3) is 5.91 Å². The number of carbonyl (C=O) groups excluding carboxylic acids is 1. The van der Waals surface area contributed by atoms with E-state index in [0.29, 0.717) is 12.1 Å². The summed E-state index contributed by atoms with van der Waals surface area (Å²) in [5.74, 6) is 1.17. The first-order chi connectivity index (χ1) is 12.1. The maximum absolute atomic E-state index is 13.3. The monoisotopic (exact) mass is 340 g/mol. The molecule has 2 aliphatic rings. The molecule has 25 heavy (non-hydrogen) atoms. The van der Waals surface area contributed by atoms with E-state index in [4.69, 9.17) is 0 Å². The number of carbonyl (C=O) groups is 1. The molecule has 0 unspecified atom stereocenters. The van der Waals surface area contributed by atoms with E-state index in [1.807, 2.05) is 32.2 Å². The number of aromatic nitrogens is 2. The Labute approximate surface area is 149 Å². The molecular weight excluding hydrogens is 312 g/mol. The van der Waals surface area contributed by atoms with Crippen LogP contribution < -0.4 is 0 Å². The summed E-state index contributed by atoms with van der Waals surface area (Å²) in [4.78, 5) is 22.6. The highest BCUT2D eigenvalue weighted by atomic mass is 16.2. The zero-order chi connectivity index (χ0) is 17.6. The lowest BCUT2D eigenvalue weighted by Crippen LogP contribution is -2.48. The number of hydrogen-bond donors (Lipinski definition) is 0. The SMILES string of the molecule is CCN1CCC(N(C(=O)c2ccc3c(c2)nc(C)n3C)C2CC2)CC1. The van der Waals surface area contributed by atoms with Crippen LogP contribution in [-0.4, -0.2) is 57.0 Å². The van der Waals surface area contributed by atoms with Crippen molar-refractivity contribution in [2.75, 3.05) is 19.6 Å². The Kier molecular flexibility index (Phi) is 4.28. The van der Waals surface area contributed by atoms with Crippen LogP contribution in [0.2, 0.25) is 0 Å². The number of benzene rings is 1. The molecule has 5 nitrogen and oxygen atoms in total. The summed E-state index contributed by atoms with van der Waals surface area (Å²) in [7, 11) is 2.02. The molecule has 1 aromatic carbocycles. The summed E-state index contributed by atoms with van der Waals surface area (Å²) >= 11 is 0. The minimum atomic E-state index is 0.197. The van der Waals surface area contributed by atoms with E-state index in [-0.39, 0.29) is 5.91 Å². The molecule has 1 aliphatic heterocycles. The predicted octanol–water partition coefficient (Wildman–Crippen LogP) is 2.97. The maximum atomic E-state index is 13.3. The second-order valence-electron chi connectivity index (χ2n) is 7.53. The number of fused-ring (bicyclic) bond motifs is 1. The molecule has 2 fully saturated rings. The Hall–Kier alpha value is -1.88. The van der Waals surface area contributed by atoms with E-state index >= 15 is 0 Å². The minimum absolute atomic E-state index is 0.197. The summed E-state index contributed by atoms with van der Waals surface area (Å²) in [5.41, 5.74) is 2.79. The molecule has 2 aromatic rings. The Bertz CT molecular complexity index is 784. The van der Waals surface area contributed by atoms with Crippen molar-refractivity contribution < 1.29 is 4.79 Å². The molecule has 4 rings (SSSR count). The lowest BCUT2D eigenvalue weighted by Gasteiger charge is -2.38. The molecule has 1 saturated carbocycles. The van der Waals surface area contributed by atoms with E-state index < -0.39 is 0 Å². The van der Waals surface area contributed by atoms with Gasteiger partial charge in [0.1, 0.15) is 5.82 Å². The quantitative estimate of drug-likeness (QED) is 0.859. The summed E-state index contributed by atoms with van der Waals surface area (Å²) in [6.45, 7) is 7.54. The van der Waals surface area contributed by atoms with Gasteiger partial charge in [-0.05, 0) is 57.4 Å². The molecule has 2 heterocycles. The van der Waals surface area contributed by atoms with Crippen molar-refractivity contribution >= 4 is 16.9 Å². The average Bonchev–Trinajstić information content (AvgIpc) is 3.42. The first-order valence-electron chi connectivity index (χ1n) is 9.56. The van der Waals surface area contributed by atoms with Crippen LogP contribution in [0.25, 0.3) is 11.0 Å². The van der Waals surface area contributed by atoms with Crippen molar-refractivity contribution in [3.05, 3.63) is 29.6 Å². The van der Waals surface area contributed by atoms with Crippen molar-refractivity contribution in [2.24, 2.45) is 7.05 Å². The first-order valence-corrected chi connectivity index (χ1v) is 9.56. The van der Waals surface area contributed by atoms with Crippen LogP contribution in [0, 0.1) is 6.92 Å². The van der Waals surface area contributed by atoms with E-state index in [1.54, 1.807) is 0 Å². The Balaban J connectivity index is 1.59. The van der Waals surface area contributed by atoms with E-state index in [9.17, 15) is 4.79 Å². The highest BCUT2D eigenvalue weighted by Crippen LogP contribution is 2.33. The van der Waals surface area contributed by atoms with Crippen LogP contribution in [-0.2, 0) is 7.05 Å². The molecule has 1 saturated heterocycles. The van der Waals surface area contributed by atoms with Crippen LogP contribution in [0.5, 0.6) is 0 Å². The predicted molar refractivity (Wildman–Crippen MR) is 99.8 cm³/mol. The molecule has 0 N–H and O–H groups in total. The van der Waals surface area contributed by atoms with Crippen molar-refractivity contribution in [1.82, 2.24) is 19.4 Å². The Morgan fingerprint density at radius 2 is 1.88 bits per heavy atom. The smallest absolute Gasteiger partial charge is 0.254 e. The van der Waals surface area contributed by atoms with Gasteiger partial charge in [0.15, 0.2) is 0 Å². The number of amides is 1. The van der Waals surface area contributed by atoms with Crippen molar-refractivity contribution in [3.8, 4) is 0 Å². The lowest BCUT2D eigenvalue weighted by atomic mass is 10.0. The third-order valence-electron chi connectivity index (χ3n) is 5.92. The summed E-state index contributed by atoms with van der Waals surface area (Å²) in [5, 5.41) is 0. The number of aryl methyl sites for hydroxylation is 2. The van der Waals surface area contributed by atoms with Gasteiger partial charge < -0.3 is 14.4 Å². The molecule has 0 bridgehead atoms. The molecule has 1 amide bonds. The van der Waals surface area contributed by atoms with Gasteiger partial charge in [-0.25, -0.2) is 4.98 Å². The van der Waals surface area contributed by atoms with Gasteiger partial charge >= 0.3 is 0 Å². The zero-order valence-electron chi connectivity index (χ0n) is 15.5. The third-order valence-corrected chi connectivity index (χ3v) is 5.92. The maximum Gasteiger partial charge on any atom is 0.254 e. The van der Waals surface area contributed by atoms with E-state index in [2.05, 4.69) is 26.3 Å². The van der Waals surface area contributed by atoms with Gasteiger partial charge in [-0.1, -0.05) is 6.92 Å². The van der Waals surface area contributed by atoms with Gasteiger partial charge in [-0.3, -0.25) is 4.79 Å². The third kappa shape index (κ3) is 3.06. The number of rotatable bonds is 4.